The van der Waals surface area contributed by atoms with Crippen molar-refractivity contribution in [2.24, 2.45) is 0 Å². The molecule has 1 aromatic rings. The Labute approximate surface area is 106 Å². The second-order valence-electron chi connectivity index (χ2n) is 3.05. The predicted molar refractivity (Wildman–Crippen MR) is 74.7 cm³/mol. The van der Waals surface area contributed by atoms with Crippen LogP contribution < -0.4 is 4.74 Å². The molecule has 0 amide bonds. The summed E-state index contributed by atoms with van der Waals surface area (Å²) in [4.78, 5) is 10.7. The van der Waals surface area contributed by atoms with Gasteiger partial charge in [0.2, 0.25) is 0 Å². The number of hydrogen-bond donors (Lipinski definition) is 0. The number of carbonyl (C=O) groups excluding carboxylic acids is 1. The molecule has 2 nitrogen and oxygen atoms in total. The molecule has 17 heavy (non-hydrogen) atoms. The summed E-state index contributed by atoms with van der Waals surface area (Å²) >= 11 is 0. The van der Waals surface area contributed by atoms with Gasteiger partial charge in [-0.15, -0.1) is 0 Å². The van der Waals surface area contributed by atoms with Crippen molar-refractivity contribution in [2.45, 2.75) is 47.5 Å². The van der Waals surface area contributed by atoms with E-state index in [0.717, 1.165) is 12.2 Å². The number of ether oxygens (including phenoxy) is 1. The van der Waals surface area contributed by atoms with Gasteiger partial charge < -0.3 is 9.53 Å². The van der Waals surface area contributed by atoms with Crippen molar-refractivity contribution >= 4 is 5.78 Å². The lowest BCUT2D eigenvalue weighted by molar-refractivity contribution is -0.116. The van der Waals surface area contributed by atoms with Crippen molar-refractivity contribution in [1.82, 2.24) is 0 Å². The van der Waals surface area contributed by atoms with E-state index < -0.39 is 0 Å². The highest BCUT2D eigenvalue weighted by Gasteiger charge is 1.96. The smallest absolute Gasteiger partial charge is 0.130 e. The van der Waals surface area contributed by atoms with Crippen LogP contribution in [0, 0.1) is 0 Å². The lowest BCUT2D eigenvalue weighted by Gasteiger charge is -2.01. The van der Waals surface area contributed by atoms with Gasteiger partial charge >= 0.3 is 0 Å². The van der Waals surface area contributed by atoms with Crippen LogP contribution in [-0.4, -0.2) is 12.9 Å². The van der Waals surface area contributed by atoms with E-state index in [1.54, 1.807) is 14.0 Å². The first kappa shape index (κ1) is 18.1. The highest BCUT2D eigenvalue weighted by molar-refractivity contribution is 5.75. The third kappa shape index (κ3) is 9.61. The minimum absolute atomic E-state index is 0.232. The SMILES string of the molecule is CC.CC.COc1ccc(CCC(C)=O)cc1. The van der Waals surface area contributed by atoms with Gasteiger partial charge in [-0.25, -0.2) is 0 Å². The number of Topliss-reactive ketones (excluding diaryl/α,β-unsaturated/α-hetero) is 1. The Kier molecular flexibility index (Phi) is 13.6. The number of ketones is 1. The molecule has 0 bridgehead atoms. The van der Waals surface area contributed by atoms with Gasteiger partial charge in [-0.2, -0.15) is 0 Å². The quantitative estimate of drug-likeness (QED) is 0.783. The standard InChI is InChI=1S/C11H14O2.2C2H6/c1-9(12)3-4-10-5-7-11(13-2)8-6-10;2*1-2/h5-8H,3-4H2,1-2H3;2*1-2H3. The number of aryl methyl sites for hydroxylation is 1. The normalized spacial score (nSPS) is 8.12. The average Bonchev–Trinajstić information content (AvgIpc) is 2.41. The van der Waals surface area contributed by atoms with E-state index in [0.29, 0.717) is 6.42 Å². The molecule has 0 N–H and O–H groups in total. The maximum atomic E-state index is 10.7. The van der Waals surface area contributed by atoms with Gasteiger partial charge in [-0.1, -0.05) is 39.8 Å². The monoisotopic (exact) mass is 238 g/mol. The van der Waals surface area contributed by atoms with Crippen molar-refractivity contribution in [3.63, 3.8) is 0 Å². The van der Waals surface area contributed by atoms with E-state index in [1.165, 1.54) is 5.56 Å². The first-order valence-electron chi connectivity index (χ1n) is 6.34. The minimum atomic E-state index is 0.232. The van der Waals surface area contributed by atoms with E-state index in [1.807, 2.05) is 52.0 Å². The van der Waals surface area contributed by atoms with Crippen molar-refractivity contribution in [2.75, 3.05) is 7.11 Å². The first-order valence-corrected chi connectivity index (χ1v) is 6.34. The second kappa shape index (κ2) is 12.8. The minimum Gasteiger partial charge on any atom is -0.497 e. The van der Waals surface area contributed by atoms with Crippen LogP contribution in [-0.2, 0) is 11.2 Å². The third-order valence-corrected chi connectivity index (χ3v) is 1.92. The Morgan fingerprint density at radius 2 is 1.53 bits per heavy atom. The maximum Gasteiger partial charge on any atom is 0.130 e. The highest BCUT2D eigenvalue weighted by Crippen LogP contribution is 2.12. The zero-order valence-electron chi connectivity index (χ0n) is 12.0. The molecular formula is C15H26O2. The first-order chi connectivity index (χ1) is 8.22. The summed E-state index contributed by atoms with van der Waals surface area (Å²) in [6.45, 7) is 9.61. The Morgan fingerprint density at radius 1 is 1.06 bits per heavy atom. The topological polar surface area (TPSA) is 26.3 Å². The fraction of sp³-hybridized carbons (Fsp3) is 0.533. The molecule has 0 aromatic heterocycles. The average molecular weight is 238 g/mol. The number of carbonyl (C=O) groups is 1. The predicted octanol–water partition coefficient (Wildman–Crippen LogP) is 4.27. The lowest BCUT2D eigenvalue weighted by atomic mass is 10.1. The fourth-order valence-electron chi connectivity index (χ4n) is 1.11. The van der Waals surface area contributed by atoms with Gasteiger partial charge in [0.15, 0.2) is 0 Å². The van der Waals surface area contributed by atoms with E-state index in [2.05, 4.69) is 0 Å². The van der Waals surface area contributed by atoms with Crippen LogP contribution in [0.15, 0.2) is 24.3 Å². The van der Waals surface area contributed by atoms with Gasteiger partial charge in [0.1, 0.15) is 11.5 Å². The number of hydrogen-bond acceptors (Lipinski definition) is 2. The number of methoxy groups -OCH3 is 1. The Morgan fingerprint density at radius 3 is 1.88 bits per heavy atom. The van der Waals surface area contributed by atoms with Crippen molar-refractivity contribution < 1.29 is 9.53 Å². The van der Waals surface area contributed by atoms with E-state index in [9.17, 15) is 4.79 Å². The second-order valence-corrected chi connectivity index (χ2v) is 3.05. The van der Waals surface area contributed by atoms with Crippen LogP contribution in [0.1, 0.15) is 46.6 Å². The summed E-state index contributed by atoms with van der Waals surface area (Å²) in [6.07, 6.45) is 1.44. The molecule has 0 heterocycles. The largest absolute Gasteiger partial charge is 0.497 e. The zero-order valence-corrected chi connectivity index (χ0v) is 12.0. The Balaban J connectivity index is 0. The van der Waals surface area contributed by atoms with Crippen molar-refractivity contribution in [1.29, 1.82) is 0 Å². The molecule has 0 aliphatic carbocycles. The Bertz CT molecular complexity index is 275. The van der Waals surface area contributed by atoms with E-state index in [4.69, 9.17) is 4.74 Å². The molecule has 0 fully saturated rings. The maximum absolute atomic E-state index is 10.7. The van der Waals surface area contributed by atoms with Gasteiger partial charge in [-0.05, 0) is 31.0 Å². The fourth-order valence-corrected chi connectivity index (χ4v) is 1.11. The zero-order chi connectivity index (χ0) is 13.7. The summed E-state index contributed by atoms with van der Waals surface area (Å²) in [5.74, 6) is 1.09. The summed E-state index contributed by atoms with van der Waals surface area (Å²) in [6, 6.07) is 7.80. The van der Waals surface area contributed by atoms with Crippen LogP contribution in [0.5, 0.6) is 5.75 Å². The molecule has 0 aliphatic rings. The Hall–Kier alpha value is -1.31. The molecule has 0 unspecified atom stereocenters. The van der Waals surface area contributed by atoms with Crippen LogP contribution in [0.4, 0.5) is 0 Å². The molecule has 0 saturated heterocycles. The summed E-state index contributed by atoms with van der Waals surface area (Å²) < 4.78 is 5.03. The van der Waals surface area contributed by atoms with Gasteiger partial charge in [0.25, 0.3) is 0 Å². The van der Waals surface area contributed by atoms with E-state index >= 15 is 0 Å². The molecule has 0 spiro atoms. The van der Waals surface area contributed by atoms with Crippen molar-refractivity contribution in [3.8, 4) is 5.75 Å². The van der Waals surface area contributed by atoms with Crippen LogP contribution in [0.25, 0.3) is 0 Å². The third-order valence-electron chi connectivity index (χ3n) is 1.92. The molecule has 0 saturated carbocycles. The van der Waals surface area contributed by atoms with E-state index in [-0.39, 0.29) is 5.78 Å². The van der Waals surface area contributed by atoms with Gasteiger partial charge in [0, 0.05) is 6.42 Å². The van der Waals surface area contributed by atoms with Gasteiger partial charge in [0.05, 0.1) is 7.11 Å². The van der Waals surface area contributed by atoms with Gasteiger partial charge in [-0.3, -0.25) is 0 Å². The molecular weight excluding hydrogens is 212 g/mol. The highest BCUT2D eigenvalue weighted by atomic mass is 16.5. The van der Waals surface area contributed by atoms with Crippen molar-refractivity contribution in [3.05, 3.63) is 29.8 Å². The van der Waals surface area contributed by atoms with Crippen LogP contribution >= 0.6 is 0 Å². The number of benzene rings is 1. The summed E-state index contributed by atoms with van der Waals surface area (Å²) in [5.41, 5.74) is 1.18. The summed E-state index contributed by atoms with van der Waals surface area (Å²) in [5, 5.41) is 0. The summed E-state index contributed by atoms with van der Waals surface area (Å²) in [7, 11) is 1.64. The molecule has 0 aliphatic heterocycles. The molecule has 98 valence electrons. The molecule has 1 rings (SSSR count). The molecule has 0 radical (unpaired) electrons. The number of rotatable bonds is 4. The molecule has 2 heteroatoms. The lowest BCUT2D eigenvalue weighted by Crippen LogP contribution is -1.93. The molecule has 0 atom stereocenters. The molecule has 1 aromatic carbocycles. The van der Waals surface area contributed by atoms with Crippen LogP contribution in [0.3, 0.4) is 0 Å². The van der Waals surface area contributed by atoms with Crippen LogP contribution in [0.2, 0.25) is 0 Å².